The maximum atomic E-state index is 14.2. The number of halogens is 1. The third-order valence-corrected chi connectivity index (χ3v) is 4.48. The number of aliphatic imine (C=N–C) groups is 1. The summed E-state index contributed by atoms with van der Waals surface area (Å²) in [5, 5.41) is 2.20. The van der Waals surface area contributed by atoms with Gasteiger partial charge in [-0.25, -0.2) is 4.39 Å². The molecule has 0 bridgehead atoms. The van der Waals surface area contributed by atoms with E-state index >= 15 is 0 Å². The number of benzene rings is 1. The van der Waals surface area contributed by atoms with Gasteiger partial charge in [0.25, 0.3) is 0 Å². The van der Waals surface area contributed by atoms with Crippen molar-refractivity contribution in [2.24, 2.45) is 10.9 Å². The first-order valence-electron chi connectivity index (χ1n) is 8.78. The zero-order chi connectivity index (χ0) is 18.4. The van der Waals surface area contributed by atoms with Gasteiger partial charge in [0.2, 0.25) is 0 Å². The fraction of sp³-hybridized carbons (Fsp3) is 0.400. The number of rotatable bonds is 6. The highest BCUT2D eigenvalue weighted by atomic mass is 32.1. The predicted octanol–water partition coefficient (Wildman–Crippen LogP) is 5.47. The second-order valence-corrected chi connectivity index (χ2v) is 6.54. The molecule has 26 heavy (non-hydrogen) atoms. The molecule has 0 aliphatic carbocycles. The molecule has 0 radical (unpaired) electrons. The summed E-state index contributed by atoms with van der Waals surface area (Å²) in [6.07, 6.45) is 4.62. The van der Waals surface area contributed by atoms with Gasteiger partial charge in [0.1, 0.15) is 5.69 Å². The fourth-order valence-corrected chi connectivity index (χ4v) is 3.05. The van der Waals surface area contributed by atoms with Crippen LogP contribution in [0.1, 0.15) is 38.0 Å². The average Bonchev–Trinajstić information content (AvgIpc) is 2.67. The first-order chi connectivity index (χ1) is 12.7. The van der Waals surface area contributed by atoms with Crippen LogP contribution in [0.25, 0.3) is 11.3 Å². The molecular formula is C20H21FN2O2S. The van der Waals surface area contributed by atoms with Crippen molar-refractivity contribution in [1.82, 2.24) is 4.98 Å². The monoisotopic (exact) mass is 372 g/mol. The van der Waals surface area contributed by atoms with Crippen LogP contribution in [0.5, 0.6) is 0 Å². The lowest BCUT2D eigenvalue weighted by Gasteiger charge is -2.29. The number of hydrogen-bond acceptors (Lipinski definition) is 5. The van der Waals surface area contributed by atoms with Crippen molar-refractivity contribution < 1.29 is 13.9 Å². The smallest absolute Gasteiger partial charge is 0.183 e. The van der Waals surface area contributed by atoms with Gasteiger partial charge in [0.15, 0.2) is 12.1 Å². The topological polar surface area (TPSA) is 43.7 Å². The maximum absolute atomic E-state index is 14.2. The van der Waals surface area contributed by atoms with Gasteiger partial charge in [-0.2, -0.15) is 4.99 Å². The minimum absolute atomic E-state index is 0.268. The molecule has 1 saturated heterocycles. The Kier molecular flexibility index (Phi) is 6.58. The molecule has 3 rings (SSSR count). The number of isothiocyanates is 1. The first-order valence-corrected chi connectivity index (χ1v) is 9.19. The summed E-state index contributed by atoms with van der Waals surface area (Å²) in [4.78, 5) is 7.86. The van der Waals surface area contributed by atoms with Gasteiger partial charge in [-0.3, -0.25) is 4.98 Å². The molecule has 136 valence electrons. The summed E-state index contributed by atoms with van der Waals surface area (Å²) >= 11 is 4.52. The molecule has 0 saturated carbocycles. The third kappa shape index (κ3) is 4.59. The lowest BCUT2D eigenvalue weighted by molar-refractivity contribution is -0.206. The van der Waals surface area contributed by atoms with E-state index in [-0.39, 0.29) is 12.0 Å². The highest BCUT2D eigenvalue weighted by Crippen LogP contribution is 2.29. The Labute approximate surface area is 158 Å². The van der Waals surface area contributed by atoms with Gasteiger partial charge in [-0.05, 0) is 18.6 Å². The van der Waals surface area contributed by atoms with Gasteiger partial charge < -0.3 is 9.47 Å². The van der Waals surface area contributed by atoms with Crippen molar-refractivity contribution >= 4 is 23.1 Å². The Morgan fingerprint density at radius 2 is 2.00 bits per heavy atom. The van der Waals surface area contributed by atoms with Crippen LogP contribution in [0.3, 0.4) is 0 Å². The summed E-state index contributed by atoms with van der Waals surface area (Å²) in [5.41, 5.74) is 2.22. The van der Waals surface area contributed by atoms with E-state index in [1.54, 1.807) is 0 Å². The quantitative estimate of drug-likeness (QED) is 0.498. The lowest BCUT2D eigenvalue weighted by Crippen LogP contribution is -2.27. The van der Waals surface area contributed by atoms with Gasteiger partial charge >= 0.3 is 0 Å². The molecule has 0 spiro atoms. The normalized spacial score (nSPS) is 19.8. The molecule has 1 aromatic carbocycles. The Hall–Kier alpha value is -1.98. The van der Waals surface area contributed by atoms with Crippen molar-refractivity contribution in [1.29, 1.82) is 0 Å². The second kappa shape index (κ2) is 9.10. The Morgan fingerprint density at radius 1 is 1.27 bits per heavy atom. The van der Waals surface area contributed by atoms with Crippen LogP contribution in [-0.4, -0.2) is 23.4 Å². The van der Waals surface area contributed by atoms with Crippen LogP contribution in [0.15, 0.2) is 41.5 Å². The van der Waals surface area contributed by atoms with Gasteiger partial charge in [-0.15, -0.1) is 0 Å². The number of thiocarbonyl (C=S) groups is 1. The first kappa shape index (κ1) is 18.8. The number of hydrogen-bond donors (Lipinski definition) is 0. The molecular weight excluding hydrogens is 351 g/mol. The number of aromatic nitrogens is 1. The van der Waals surface area contributed by atoms with Gasteiger partial charge in [-0.1, -0.05) is 44.0 Å². The molecule has 1 aliphatic heterocycles. The van der Waals surface area contributed by atoms with Crippen molar-refractivity contribution in [3.05, 3.63) is 47.9 Å². The molecule has 0 atom stereocenters. The number of ether oxygens (including phenoxy) is 2. The van der Waals surface area contributed by atoms with Crippen molar-refractivity contribution in [2.45, 2.75) is 32.5 Å². The molecule has 0 N–H and O–H groups in total. The van der Waals surface area contributed by atoms with E-state index in [2.05, 4.69) is 34.3 Å². The van der Waals surface area contributed by atoms with E-state index in [9.17, 15) is 4.39 Å². The SMILES string of the molecule is CCCCC1COC(c2ccc(-c3ncc(N=C=S)cc3F)cc2)OC1. The Bertz CT molecular complexity index is 783. The molecule has 1 aromatic heterocycles. The van der Waals surface area contributed by atoms with Gasteiger partial charge in [0.05, 0.1) is 30.3 Å². The molecule has 0 unspecified atom stereocenters. The number of pyridine rings is 1. The fourth-order valence-electron chi connectivity index (χ4n) is 2.95. The van der Waals surface area contributed by atoms with Crippen LogP contribution in [0, 0.1) is 11.7 Å². The zero-order valence-electron chi connectivity index (χ0n) is 14.7. The minimum atomic E-state index is -0.451. The lowest BCUT2D eigenvalue weighted by atomic mass is 10.0. The van der Waals surface area contributed by atoms with E-state index in [0.717, 1.165) is 12.0 Å². The Balaban J connectivity index is 1.67. The van der Waals surface area contributed by atoms with Crippen LogP contribution < -0.4 is 0 Å². The maximum Gasteiger partial charge on any atom is 0.183 e. The van der Waals surface area contributed by atoms with E-state index in [0.29, 0.717) is 30.4 Å². The van der Waals surface area contributed by atoms with Gasteiger partial charge in [0, 0.05) is 23.1 Å². The van der Waals surface area contributed by atoms with Crippen LogP contribution in [-0.2, 0) is 9.47 Å². The average molecular weight is 372 g/mol. The van der Waals surface area contributed by atoms with E-state index < -0.39 is 5.82 Å². The van der Waals surface area contributed by atoms with E-state index in [4.69, 9.17) is 9.47 Å². The largest absolute Gasteiger partial charge is 0.348 e. The standard InChI is InChI=1S/C20H21FN2O2S/c1-2-3-4-14-11-24-20(25-12-14)16-7-5-15(6-8-16)19-18(21)9-17(10-22-19)23-13-26/h5-10,14,20H,2-4,11-12H2,1H3. The van der Waals surface area contributed by atoms with Crippen LogP contribution in [0.2, 0.25) is 0 Å². The van der Waals surface area contributed by atoms with E-state index in [1.165, 1.54) is 25.1 Å². The number of unbranched alkanes of at least 4 members (excludes halogenated alkanes) is 1. The third-order valence-electron chi connectivity index (χ3n) is 4.39. The number of nitrogens with zero attached hydrogens (tertiary/aromatic N) is 2. The molecule has 0 amide bonds. The predicted molar refractivity (Wildman–Crippen MR) is 102 cm³/mol. The second-order valence-electron chi connectivity index (χ2n) is 6.36. The Morgan fingerprint density at radius 3 is 2.62 bits per heavy atom. The highest BCUT2D eigenvalue weighted by Gasteiger charge is 2.23. The van der Waals surface area contributed by atoms with Crippen molar-refractivity contribution in [3.8, 4) is 11.3 Å². The molecule has 2 heterocycles. The highest BCUT2D eigenvalue weighted by molar-refractivity contribution is 7.78. The van der Waals surface area contributed by atoms with Crippen LogP contribution >= 0.6 is 12.2 Å². The zero-order valence-corrected chi connectivity index (χ0v) is 15.5. The summed E-state index contributed by atoms with van der Waals surface area (Å²) in [7, 11) is 0. The minimum Gasteiger partial charge on any atom is -0.348 e. The summed E-state index contributed by atoms with van der Waals surface area (Å²) in [6.45, 7) is 3.61. The summed E-state index contributed by atoms with van der Waals surface area (Å²) in [6, 6.07) is 8.70. The summed E-state index contributed by atoms with van der Waals surface area (Å²) in [5.74, 6) is 0.0190. The molecule has 6 heteroatoms. The van der Waals surface area contributed by atoms with Crippen molar-refractivity contribution in [3.63, 3.8) is 0 Å². The molecule has 1 aliphatic rings. The summed E-state index contributed by atoms with van der Waals surface area (Å²) < 4.78 is 25.9. The van der Waals surface area contributed by atoms with Crippen LogP contribution in [0.4, 0.5) is 10.1 Å². The molecule has 2 aromatic rings. The molecule has 1 fully saturated rings. The van der Waals surface area contributed by atoms with Crippen molar-refractivity contribution in [2.75, 3.05) is 13.2 Å². The van der Waals surface area contributed by atoms with E-state index in [1.807, 2.05) is 24.3 Å². The molecule has 4 nitrogen and oxygen atoms in total.